The summed E-state index contributed by atoms with van der Waals surface area (Å²) in [5.74, 6) is 0.600. The monoisotopic (exact) mass is 239 g/mol. The van der Waals surface area contributed by atoms with E-state index in [2.05, 4.69) is 16.0 Å². The SMILES string of the molecule is CC(N)C(=O)NC(C)C(=O)NC1C2C[N]CC21. The summed E-state index contributed by atoms with van der Waals surface area (Å²) in [4.78, 5) is 23.1. The number of rotatable bonds is 4. The highest BCUT2D eigenvalue weighted by Crippen LogP contribution is 2.42. The highest BCUT2D eigenvalue weighted by molar-refractivity contribution is 5.89. The normalized spacial score (nSPS) is 33.5. The predicted octanol–water partition coefficient (Wildman–Crippen LogP) is -1.81. The van der Waals surface area contributed by atoms with Crippen LogP contribution in [-0.2, 0) is 9.59 Å². The van der Waals surface area contributed by atoms with E-state index in [0.29, 0.717) is 11.8 Å². The molecule has 1 aliphatic carbocycles. The van der Waals surface area contributed by atoms with E-state index in [0.717, 1.165) is 13.1 Å². The Bertz CT molecular complexity index is 321. The molecule has 4 atom stereocenters. The molecule has 1 radical (unpaired) electrons. The van der Waals surface area contributed by atoms with Gasteiger partial charge in [0, 0.05) is 19.1 Å². The summed E-state index contributed by atoms with van der Waals surface area (Å²) in [6, 6.07) is -0.870. The molecular weight excluding hydrogens is 220 g/mol. The van der Waals surface area contributed by atoms with Gasteiger partial charge in [-0.05, 0) is 25.7 Å². The molecule has 1 aliphatic heterocycles. The van der Waals surface area contributed by atoms with Crippen LogP contribution in [0.3, 0.4) is 0 Å². The maximum absolute atomic E-state index is 11.8. The van der Waals surface area contributed by atoms with E-state index >= 15 is 0 Å². The smallest absolute Gasteiger partial charge is 0.242 e. The second-order valence-corrected chi connectivity index (χ2v) is 4.97. The molecule has 0 bridgehead atoms. The molecule has 0 aromatic heterocycles. The fourth-order valence-corrected chi connectivity index (χ4v) is 2.23. The van der Waals surface area contributed by atoms with Gasteiger partial charge in [-0.2, -0.15) is 0 Å². The summed E-state index contributed by atoms with van der Waals surface area (Å²) in [6.07, 6.45) is 0. The van der Waals surface area contributed by atoms with E-state index < -0.39 is 12.1 Å². The number of carbonyl (C=O) groups excluding carboxylic acids is 2. The fourth-order valence-electron chi connectivity index (χ4n) is 2.23. The second kappa shape index (κ2) is 4.62. The molecule has 0 aromatic carbocycles. The number of nitrogens with one attached hydrogen (secondary N) is 2. The Labute approximate surface area is 101 Å². The van der Waals surface area contributed by atoms with Crippen LogP contribution in [0.4, 0.5) is 0 Å². The number of fused-ring (bicyclic) bond motifs is 1. The van der Waals surface area contributed by atoms with E-state index in [4.69, 9.17) is 5.73 Å². The van der Waals surface area contributed by atoms with E-state index in [1.54, 1.807) is 13.8 Å². The van der Waals surface area contributed by atoms with Crippen LogP contribution < -0.4 is 21.7 Å². The number of hydrogen-bond donors (Lipinski definition) is 3. The molecule has 1 saturated heterocycles. The van der Waals surface area contributed by atoms with Gasteiger partial charge in [0.15, 0.2) is 0 Å². The van der Waals surface area contributed by atoms with Crippen LogP contribution in [0.2, 0.25) is 0 Å². The first-order valence-corrected chi connectivity index (χ1v) is 6.00. The van der Waals surface area contributed by atoms with Gasteiger partial charge in [0.1, 0.15) is 6.04 Å². The maximum Gasteiger partial charge on any atom is 0.242 e. The third-order valence-corrected chi connectivity index (χ3v) is 3.49. The molecule has 2 fully saturated rings. The predicted molar refractivity (Wildman–Crippen MR) is 62.0 cm³/mol. The number of nitrogens with zero attached hydrogens (tertiary/aromatic N) is 1. The first-order chi connectivity index (χ1) is 8.00. The lowest BCUT2D eigenvalue weighted by atomic mass is 10.2. The quantitative estimate of drug-likeness (QED) is 0.539. The second-order valence-electron chi connectivity index (χ2n) is 4.97. The third-order valence-electron chi connectivity index (χ3n) is 3.49. The lowest BCUT2D eigenvalue weighted by molar-refractivity contribution is -0.129. The number of hydrogen-bond acceptors (Lipinski definition) is 3. The van der Waals surface area contributed by atoms with Crippen LogP contribution in [0.25, 0.3) is 0 Å². The van der Waals surface area contributed by atoms with Crippen LogP contribution in [-0.4, -0.2) is 43.0 Å². The van der Waals surface area contributed by atoms with Crippen molar-refractivity contribution in [2.24, 2.45) is 17.6 Å². The zero-order valence-electron chi connectivity index (χ0n) is 10.1. The van der Waals surface area contributed by atoms with Gasteiger partial charge in [-0.1, -0.05) is 0 Å². The van der Waals surface area contributed by atoms with E-state index in [1.807, 2.05) is 0 Å². The van der Waals surface area contributed by atoms with Gasteiger partial charge in [0.05, 0.1) is 6.04 Å². The summed E-state index contributed by atoms with van der Waals surface area (Å²) in [5.41, 5.74) is 5.42. The lowest BCUT2D eigenvalue weighted by Crippen LogP contribution is -2.50. The maximum atomic E-state index is 11.8. The van der Waals surface area contributed by atoms with Gasteiger partial charge in [-0.3, -0.25) is 9.59 Å². The minimum Gasteiger partial charge on any atom is -0.351 e. The number of amides is 2. The van der Waals surface area contributed by atoms with Crippen LogP contribution >= 0.6 is 0 Å². The van der Waals surface area contributed by atoms with Crippen molar-refractivity contribution in [3.05, 3.63) is 0 Å². The summed E-state index contributed by atoms with van der Waals surface area (Å²) < 4.78 is 0. The van der Waals surface area contributed by atoms with E-state index in [1.165, 1.54) is 0 Å². The largest absolute Gasteiger partial charge is 0.351 e. The van der Waals surface area contributed by atoms with Crippen LogP contribution in [0.1, 0.15) is 13.8 Å². The summed E-state index contributed by atoms with van der Waals surface area (Å²) >= 11 is 0. The Morgan fingerprint density at radius 1 is 1.24 bits per heavy atom. The molecule has 2 aliphatic rings. The average Bonchev–Trinajstić information content (AvgIpc) is 2.74. The number of piperidine rings is 1. The molecule has 17 heavy (non-hydrogen) atoms. The Balaban J connectivity index is 1.74. The van der Waals surface area contributed by atoms with Crippen molar-refractivity contribution in [2.75, 3.05) is 13.1 Å². The van der Waals surface area contributed by atoms with E-state index in [9.17, 15) is 9.59 Å². The van der Waals surface area contributed by atoms with Crippen molar-refractivity contribution in [1.29, 1.82) is 0 Å². The Morgan fingerprint density at radius 2 is 1.82 bits per heavy atom. The summed E-state index contributed by atoms with van der Waals surface area (Å²) in [6.45, 7) is 4.97. The highest BCUT2D eigenvalue weighted by Gasteiger charge is 2.54. The van der Waals surface area contributed by atoms with E-state index in [-0.39, 0.29) is 17.9 Å². The van der Waals surface area contributed by atoms with Gasteiger partial charge in [-0.25, -0.2) is 5.32 Å². The van der Waals surface area contributed by atoms with Crippen molar-refractivity contribution in [3.63, 3.8) is 0 Å². The highest BCUT2D eigenvalue weighted by atomic mass is 16.2. The van der Waals surface area contributed by atoms with Crippen molar-refractivity contribution >= 4 is 11.8 Å². The minimum absolute atomic E-state index is 0.140. The van der Waals surface area contributed by atoms with Gasteiger partial charge < -0.3 is 16.4 Å². The average molecular weight is 239 g/mol. The molecule has 0 spiro atoms. The van der Waals surface area contributed by atoms with Gasteiger partial charge in [-0.15, -0.1) is 0 Å². The summed E-state index contributed by atoms with van der Waals surface area (Å²) in [5, 5.41) is 9.77. The Hall–Kier alpha value is -1.14. The fraction of sp³-hybridized carbons (Fsp3) is 0.818. The zero-order chi connectivity index (χ0) is 12.6. The molecular formula is C11H19N4O2. The minimum atomic E-state index is -0.593. The van der Waals surface area contributed by atoms with Crippen LogP contribution in [0, 0.1) is 11.8 Å². The molecule has 2 amide bonds. The molecule has 4 N–H and O–H groups in total. The van der Waals surface area contributed by atoms with Crippen LogP contribution in [0.15, 0.2) is 0 Å². The summed E-state index contributed by atoms with van der Waals surface area (Å²) in [7, 11) is 0. The van der Waals surface area contributed by atoms with Crippen molar-refractivity contribution in [1.82, 2.24) is 16.0 Å². The molecule has 2 rings (SSSR count). The number of carbonyl (C=O) groups is 2. The Morgan fingerprint density at radius 3 is 2.35 bits per heavy atom. The lowest BCUT2D eigenvalue weighted by Gasteiger charge is -2.16. The van der Waals surface area contributed by atoms with Gasteiger partial charge in [0.25, 0.3) is 0 Å². The van der Waals surface area contributed by atoms with Crippen LogP contribution in [0.5, 0.6) is 0 Å². The van der Waals surface area contributed by atoms with Gasteiger partial charge >= 0.3 is 0 Å². The molecule has 4 unspecified atom stereocenters. The molecule has 95 valence electrons. The molecule has 0 aromatic rings. The molecule has 6 nitrogen and oxygen atoms in total. The number of nitrogens with two attached hydrogens (primary N) is 1. The van der Waals surface area contributed by atoms with Crippen molar-refractivity contribution < 1.29 is 9.59 Å². The van der Waals surface area contributed by atoms with Crippen molar-refractivity contribution in [3.8, 4) is 0 Å². The molecule has 1 heterocycles. The third kappa shape index (κ3) is 2.58. The first-order valence-electron chi connectivity index (χ1n) is 6.00. The molecule has 6 heteroatoms. The Kier molecular flexibility index (Phi) is 3.35. The zero-order valence-corrected chi connectivity index (χ0v) is 10.1. The first kappa shape index (κ1) is 12.3. The van der Waals surface area contributed by atoms with Crippen molar-refractivity contribution in [2.45, 2.75) is 32.0 Å². The molecule has 1 saturated carbocycles. The topological polar surface area (TPSA) is 98.3 Å². The standard InChI is InChI=1S/C11H19N4O2/c1-5(12)10(16)14-6(2)11(17)15-9-7-3-13-4-8(7)9/h5-9H,3-4,12H2,1-2H3,(H,14,16)(H,15,17). The van der Waals surface area contributed by atoms with Gasteiger partial charge in [0.2, 0.25) is 11.8 Å².